The Morgan fingerprint density at radius 1 is 1.43 bits per heavy atom. The van der Waals surface area contributed by atoms with Crippen LogP contribution < -0.4 is 0 Å². The number of nitriles is 1. The third-order valence-electron chi connectivity index (χ3n) is 3.82. The van der Waals surface area contributed by atoms with Crippen molar-refractivity contribution >= 4 is 17.7 Å². The predicted octanol–water partition coefficient (Wildman–Crippen LogP) is 2.99. The van der Waals surface area contributed by atoms with Crippen LogP contribution in [-0.2, 0) is 16.1 Å². The van der Waals surface area contributed by atoms with Crippen LogP contribution in [0.3, 0.4) is 0 Å². The van der Waals surface area contributed by atoms with E-state index in [2.05, 4.69) is 17.5 Å². The number of thioether (sulfide) groups is 1. The van der Waals surface area contributed by atoms with Crippen molar-refractivity contribution in [2.75, 3.05) is 24.6 Å². The number of rotatable bonds is 7. The third kappa shape index (κ3) is 5.74. The van der Waals surface area contributed by atoms with E-state index < -0.39 is 0 Å². The molecule has 1 aromatic carbocycles. The highest BCUT2D eigenvalue weighted by Gasteiger charge is 2.22. The van der Waals surface area contributed by atoms with Crippen molar-refractivity contribution in [2.45, 2.75) is 25.5 Å². The summed E-state index contributed by atoms with van der Waals surface area (Å²) in [6.45, 7) is 6.18. The van der Waals surface area contributed by atoms with Gasteiger partial charge in [0.2, 0.25) is 0 Å². The van der Waals surface area contributed by atoms with Crippen molar-refractivity contribution in [1.82, 2.24) is 4.90 Å². The predicted molar refractivity (Wildman–Crippen MR) is 93.1 cm³/mol. The zero-order chi connectivity index (χ0) is 16.5. The Bertz CT molecular complexity index is 575. The molecule has 0 amide bonds. The zero-order valence-electron chi connectivity index (χ0n) is 13.2. The molecule has 0 saturated carbocycles. The summed E-state index contributed by atoms with van der Waals surface area (Å²) in [6.07, 6.45) is 3.52. The molecule has 0 spiro atoms. The molecule has 0 aromatic heterocycles. The number of piperidine rings is 1. The Labute approximate surface area is 142 Å². The number of nitrogens with zero attached hydrogens (tertiary/aromatic N) is 2. The summed E-state index contributed by atoms with van der Waals surface area (Å²) in [4.78, 5) is 14.0. The van der Waals surface area contributed by atoms with Crippen LogP contribution in [0.5, 0.6) is 0 Å². The molecular weight excluding hydrogens is 308 g/mol. The molecule has 23 heavy (non-hydrogen) atoms. The minimum atomic E-state index is -0.134. The first-order valence-electron chi connectivity index (χ1n) is 7.81. The largest absolute Gasteiger partial charge is 0.462 e. The normalized spacial score (nSPS) is 15.8. The second-order valence-electron chi connectivity index (χ2n) is 5.54. The molecule has 0 unspecified atom stereocenters. The molecule has 0 N–H and O–H groups in total. The highest BCUT2D eigenvalue weighted by Crippen LogP contribution is 2.18. The molecule has 1 aliphatic heterocycles. The zero-order valence-corrected chi connectivity index (χ0v) is 14.1. The molecule has 1 aliphatic rings. The molecule has 122 valence electrons. The minimum absolute atomic E-state index is 0.0225. The SMILES string of the molecule is C=CCSCC(=O)OC1CCN(Cc2ccccc2C#N)CC1. The van der Waals surface area contributed by atoms with Crippen LogP contribution in [0.4, 0.5) is 0 Å². The first-order valence-corrected chi connectivity index (χ1v) is 8.97. The molecule has 0 aliphatic carbocycles. The smallest absolute Gasteiger partial charge is 0.316 e. The highest BCUT2D eigenvalue weighted by molar-refractivity contribution is 8.00. The van der Waals surface area contributed by atoms with Gasteiger partial charge in [-0.3, -0.25) is 9.69 Å². The van der Waals surface area contributed by atoms with Crippen LogP contribution in [0.15, 0.2) is 36.9 Å². The van der Waals surface area contributed by atoms with Crippen molar-refractivity contribution < 1.29 is 9.53 Å². The van der Waals surface area contributed by atoms with Crippen LogP contribution >= 0.6 is 11.8 Å². The molecular formula is C18H22N2O2S. The van der Waals surface area contributed by atoms with E-state index in [4.69, 9.17) is 10.00 Å². The van der Waals surface area contributed by atoms with Crippen molar-refractivity contribution in [1.29, 1.82) is 5.26 Å². The molecule has 1 aromatic rings. The lowest BCUT2D eigenvalue weighted by Crippen LogP contribution is -2.37. The van der Waals surface area contributed by atoms with E-state index >= 15 is 0 Å². The summed E-state index contributed by atoms with van der Waals surface area (Å²) in [5, 5.41) is 9.14. The second kappa shape index (κ2) is 9.39. The number of esters is 1. The van der Waals surface area contributed by atoms with Gasteiger partial charge in [0, 0.05) is 25.4 Å². The molecule has 0 radical (unpaired) electrons. The quantitative estimate of drug-likeness (QED) is 0.437. The van der Waals surface area contributed by atoms with Crippen LogP contribution in [0.25, 0.3) is 0 Å². The van der Waals surface area contributed by atoms with Gasteiger partial charge in [0.1, 0.15) is 6.10 Å². The van der Waals surface area contributed by atoms with Gasteiger partial charge < -0.3 is 4.74 Å². The average Bonchev–Trinajstić information content (AvgIpc) is 2.57. The van der Waals surface area contributed by atoms with E-state index in [-0.39, 0.29) is 12.1 Å². The van der Waals surface area contributed by atoms with E-state index in [0.29, 0.717) is 5.75 Å². The number of hydrogen-bond acceptors (Lipinski definition) is 5. The number of likely N-dealkylation sites (tertiary alicyclic amines) is 1. The highest BCUT2D eigenvalue weighted by atomic mass is 32.2. The number of carbonyl (C=O) groups is 1. The lowest BCUT2D eigenvalue weighted by molar-refractivity contribution is -0.147. The van der Waals surface area contributed by atoms with Crippen molar-refractivity contribution in [3.05, 3.63) is 48.0 Å². The summed E-state index contributed by atoms with van der Waals surface area (Å²) in [5.74, 6) is 1.03. The number of hydrogen-bond donors (Lipinski definition) is 0. The van der Waals surface area contributed by atoms with E-state index in [1.165, 1.54) is 11.8 Å². The van der Waals surface area contributed by atoms with Crippen molar-refractivity contribution in [2.24, 2.45) is 0 Å². The summed E-state index contributed by atoms with van der Waals surface area (Å²) >= 11 is 1.52. The third-order valence-corrected chi connectivity index (χ3v) is 4.73. The molecule has 2 rings (SSSR count). The maximum atomic E-state index is 11.7. The van der Waals surface area contributed by atoms with Gasteiger partial charge in [-0.05, 0) is 24.5 Å². The molecule has 0 bridgehead atoms. The van der Waals surface area contributed by atoms with E-state index in [0.717, 1.165) is 49.4 Å². The molecule has 5 heteroatoms. The fraction of sp³-hybridized carbons (Fsp3) is 0.444. The fourth-order valence-electron chi connectivity index (χ4n) is 2.64. The van der Waals surface area contributed by atoms with Gasteiger partial charge in [0.25, 0.3) is 0 Å². The molecule has 0 atom stereocenters. The molecule has 1 saturated heterocycles. The van der Waals surface area contributed by atoms with Gasteiger partial charge in [-0.2, -0.15) is 5.26 Å². The summed E-state index contributed by atoms with van der Waals surface area (Å²) < 4.78 is 5.51. The van der Waals surface area contributed by atoms with Gasteiger partial charge in [0.15, 0.2) is 0 Å². The Hall–Kier alpha value is -1.77. The van der Waals surface area contributed by atoms with Crippen LogP contribution in [0.2, 0.25) is 0 Å². The average molecular weight is 330 g/mol. The Morgan fingerprint density at radius 3 is 2.87 bits per heavy atom. The van der Waals surface area contributed by atoms with Gasteiger partial charge in [-0.1, -0.05) is 24.3 Å². The Kier molecular flexibility index (Phi) is 7.18. The van der Waals surface area contributed by atoms with Gasteiger partial charge in [-0.25, -0.2) is 0 Å². The first kappa shape index (κ1) is 17.6. The lowest BCUT2D eigenvalue weighted by atomic mass is 10.0. The summed E-state index contributed by atoms with van der Waals surface area (Å²) in [5.41, 5.74) is 1.80. The van der Waals surface area contributed by atoms with Crippen LogP contribution in [0.1, 0.15) is 24.0 Å². The maximum absolute atomic E-state index is 11.7. The van der Waals surface area contributed by atoms with Gasteiger partial charge in [0.05, 0.1) is 17.4 Å². The minimum Gasteiger partial charge on any atom is -0.462 e. The van der Waals surface area contributed by atoms with Gasteiger partial charge >= 0.3 is 5.97 Å². The monoisotopic (exact) mass is 330 g/mol. The van der Waals surface area contributed by atoms with Crippen LogP contribution in [0, 0.1) is 11.3 Å². The number of carbonyl (C=O) groups excluding carboxylic acids is 1. The van der Waals surface area contributed by atoms with Crippen molar-refractivity contribution in [3.63, 3.8) is 0 Å². The molecule has 1 heterocycles. The maximum Gasteiger partial charge on any atom is 0.316 e. The molecule has 1 fully saturated rings. The topological polar surface area (TPSA) is 53.3 Å². The van der Waals surface area contributed by atoms with E-state index in [1.54, 1.807) is 6.08 Å². The van der Waals surface area contributed by atoms with E-state index in [1.807, 2.05) is 24.3 Å². The summed E-state index contributed by atoms with van der Waals surface area (Å²) in [6, 6.07) is 9.94. The molecule has 4 nitrogen and oxygen atoms in total. The van der Waals surface area contributed by atoms with Crippen LogP contribution in [-0.4, -0.2) is 41.6 Å². The number of ether oxygens (including phenoxy) is 1. The summed E-state index contributed by atoms with van der Waals surface area (Å²) in [7, 11) is 0. The first-order chi connectivity index (χ1) is 11.2. The van der Waals surface area contributed by atoms with Gasteiger partial charge in [-0.15, -0.1) is 18.3 Å². The van der Waals surface area contributed by atoms with E-state index in [9.17, 15) is 4.79 Å². The Balaban J connectivity index is 1.75. The fourth-order valence-corrected chi connectivity index (χ4v) is 3.16. The Morgan fingerprint density at radius 2 is 2.17 bits per heavy atom. The standard InChI is InChI=1S/C18H22N2O2S/c1-2-11-23-14-18(21)22-17-7-9-20(10-8-17)13-16-6-4-3-5-15(16)12-19/h2-6,17H,1,7-11,13-14H2. The lowest BCUT2D eigenvalue weighted by Gasteiger charge is -2.31. The number of benzene rings is 1. The second-order valence-corrected chi connectivity index (χ2v) is 6.57. The van der Waals surface area contributed by atoms with Crippen molar-refractivity contribution in [3.8, 4) is 6.07 Å².